The third-order valence-corrected chi connectivity index (χ3v) is 4.67. The van der Waals surface area contributed by atoms with Crippen molar-refractivity contribution in [3.63, 3.8) is 0 Å². The monoisotopic (exact) mass is 490 g/mol. The van der Waals surface area contributed by atoms with Crippen molar-refractivity contribution < 1.29 is 4.42 Å². The summed E-state index contributed by atoms with van der Waals surface area (Å²) in [5.74, 6) is 1.73. The third kappa shape index (κ3) is 5.82. The van der Waals surface area contributed by atoms with E-state index in [0.29, 0.717) is 18.4 Å². The standard InChI is InChI=1S/C22H26N4O.HI/c1-16(18-10-6-4-7-11-18)17(2)25-22(23-3)24-14-20-15-27-21(26-20)19-12-8-5-9-13-19;/h4-13,15-17H,14H2,1-3H3,(H2,23,24,25);1H. The van der Waals surface area contributed by atoms with Crippen molar-refractivity contribution in [3.05, 3.63) is 78.2 Å². The number of aliphatic imine (C=N–C) groups is 1. The second-order valence-corrected chi connectivity index (χ2v) is 6.57. The molecule has 0 aliphatic heterocycles. The van der Waals surface area contributed by atoms with Gasteiger partial charge in [0.1, 0.15) is 6.26 Å². The Bertz CT molecular complexity index is 865. The predicted octanol–water partition coefficient (Wildman–Crippen LogP) is 4.82. The van der Waals surface area contributed by atoms with E-state index in [-0.39, 0.29) is 30.0 Å². The third-order valence-electron chi connectivity index (χ3n) is 4.67. The van der Waals surface area contributed by atoms with E-state index < -0.39 is 0 Å². The van der Waals surface area contributed by atoms with Crippen molar-refractivity contribution in [1.82, 2.24) is 15.6 Å². The van der Waals surface area contributed by atoms with E-state index in [1.807, 2.05) is 36.4 Å². The van der Waals surface area contributed by atoms with Crippen molar-refractivity contribution in [2.75, 3.05) is 7.05 Å². The van der Waals surface area contributed by atoms with E-state index >= 15 is 0 Å². The molecule has 3 rings (SSSR count). The zero-order valence-electron chi connectivity index (χ0n) is 16.4. The van der Waals surface area contributed by atoms with Crippen LogP contribution in [-0.4, -0.2) is 24.0 Å². The lowest BCUT2D eigenvalue weighted by atomic mass is 9.94. The number of halogens is 1. The highest BCUT2D eigenvalue weighted by Gasteiger charge is 2.15. The maximum absolute atomic E-state index is 5.58. The number of hydrogen-bond donors (Lipinski definition) is 2. The molecule has 1 aromatic heterocycles. The summed E-state index contributed by atoms with van der Waals surface area (Å²) in [6, 6.07) is 20.6. The summed E-state index contributed by atoms with van der Waals surface area (Å²) in [5, 5.41) is 6.76. The summed E-state index contributed by atoms with van der Waals surface area (Å²) in [6.07, 6.45) is 1.68. The molecule has 0 saturated heterocycles. The number of nitrogens with zero attached hydrogens (tertiary/aromatic N) is 2. The van der Waals surface area contributed by atoms with Crippen molar-refractivity contribution in [2.45, 2.75) is 32.4 Å². The molecule has 3 aromatic rings. The molecule has 0 saturated carbocycles. The Morgan fingerprint density at radius 2 is 1.68 bits per heavy atom. The average molecular weight is 490 g/mol. The van der Waals surface area contributed by atoms with Gasteiger partial charge in [-0.05, 0) is 24.6 Å². The minimum atomic E-state index is 0. The Morgan fingerprint density at radius 1 is 1.04 bits per heavy atom. The van der Waals surface area contributed by atoms with Crippen LogP contribution in [0.25, 0.3) is 11.5 Å². The zero-order chi connectivity index (χ0) is 19.1. The fourth-order valence-electron chi connectivity index (χ4n) is 2.86. The van der Waals surface area contributed by atoms with Gasteiger partial charge in [-0.25, -0.2) is 4.98 Å². The summed E-state index contributed by atoms with van der Waals surface area (Å²) in [7, 11) is 1.77. The van der Waals surface area contributed by atoms with Crippen molar-refractivity contribution in [1.29, 1.82) is 0 Å². The van der Waals surface area contributed by atoms with E-state index in [9.17, 15) is 0 Å². The molecule has 0 aliphatic carbocycles. The van der Waals surface area contributed by atoms with Crippen LogP contribution < -0.4 is 10.6 Å². The summed E-state index contributed by atoms with van der Waals surface area (Å²) in [6.45, 7) is 4.92. The summed E-state index contributed by atoms with van der Waals surface area (Å²) in [5.41, 5.74) is 3.11. The first-order valence-corrected chi connectivity index (χ1v) is 9.19. The van der Waals surface area contributed by atoms with Gasteiger partial charge in [0, 0.05) is 24.6 Å². The van der Waals surface area contributed by atoms with Gasteiger partial charge in [0.2, 0.25) is 5.89 Å². The van der Waals surface area contributed by atoms with Gasteiger partial charge in [0.05, 0.1) is 12.2 Å². The molecule has 1 heterocycles. The van der Waals surface area contributed by atoms with Crippen molar-refractivity contribution in [3.8, 4) is 11.5 Å². The smallest absolute Gasteiger partial charge is 0.226 e. The molecule has 28 heavy (non-hydrogen) atoms. The molecule has 0 radical (unpaired) electrons. The highest BCUT2D eigenvalue weighted by Crippen LogP contribution is 2.19. The Morgan fingerprint density at radius 3 is 2.32 bits per heavy atom. The molecule has 2 unspecified atom stereocenters. The summed E-state index contributed by atoms with van der Waals surface area (Å²) in [4.78, 5) is 8.86. The van der Waals surface area contributed by atoms with Crippen LogP contribution in [0, 0.1) is 0 Å². The zero-order valence-corrected chi connectivity index (χ0v) is 18.8. The maximum atomic E-state index is 5.58. The fraction of sp³-hybridized carbons (Fsp3) is 0.273. The molecule has 148 valence electrons. The van der Waals surface area contributed by atoms with Gasteiger partial charge in [0.25, 0.3) is 0 Å². The van der Waals surface area contributed by atoms with Crippen LogP contribution in [0.3, 0.4) is 0 Å². The summed E-state index contributed by atoms with van der Waals surface area (Å²) < 4.78 is 5.58. The van der Waals surface area contributed by atoms with Crippen LogP contribution in [0.5, 0.6) is 0 Å². The SMILES string of the molecule is CN=C(NCc1coc(-c2ccccc2)n1)NC(C)C(C)c1ccccc1.I. The lowest BCUT2D eigenvalue weighted by Crippen LogP contribution is -2.43. The molecular weight excluding hydrogens is 463 g/mol. The van der Waals surface area contributed by atoms with Gasteiger partial charge in [-0.3, -0.25) is 4.99 Å². The van der Waals surface area contributed by atoms with E-state index in [0.717, 1.165) is 17.2 Å². The van der Waals surface area contributed by atoms with E-state index in [2.05, 4.69) is 58.7 Å². The molecule has 2 aromatic carbocycles. The fourth-order valence-corrected chi connectivity index (χ4v) is 2.86. The van der Waals surface area contributed by atoms with Gasteiger partial charge in [-0.2, -0.15) is 0 Å². The second kappa shape index (κ2) is 10.8. The Balaban J connectivity index is 0.00000280. The topological polar surface area (TPSA) is 62.5 Å². The normalized spacial score (nSPS) is 13.3. The van der Waals surface area contributed by atoms with Gasteiger partial charge in [-0.15, -0.1) is 24.0 Å². The number of aromatic nitrogens is 1. The number of oxazole rings is 1. The van der Waals surface area contributed by atoms with Crippen LogP contribution in [0.4, 0.5) is 0 Å². The van der Waals surface area contributed by atoms with Crippen molar-refractivity contribution >= 4 is 29.9 Å². The first-order chi connectivity index (χ1) is 13.2. The number of hydrogen-bond acceptors (Lipinski definition) is 3. The first kappa shape index (κ1) is 21.9. The number of benzene rings is 2. The number of rotatable bonds is 6. The van der Waals surface area contributed by atoms with Crippen molar-refractivity contribution in [2.24, 2.45) is 4.99 Å². The highest BCUT2D eigenvalue weighted by molar-refractivity contribution is 14.0. The summed E-state index contributed by atoms with van der Waals surface area (Å²) >= 11 is 0. The van der Waals surface area contributed by atoms with Gasteiger partial charge in [-0.1, -0.05) is 55.5 Å². The lowest BCUT2D eigenvalue weighted by molar-refractivity contribution is 0.549. The van der Waals surface area contributed by atoms with E-state index in [4.69, 9.17) is 4.42 Å². The quantitative estimate of drug-likeness (QED) is 0.296. The van der Waals surface area contributed by atoms with Crippen LogP contribution in [-0.2, 0) is 6.54 Å². The predicted molar refractivity (Wildman–Crippen MR) is 125 cm³/mol. The van der Waals surface area contributed by atoms with Crippen LogP contribution >= 0.6 is 24.0 Å². The molecule has 0 spiro atoms. The first-order valence-electron chi connectivity index (χ1n) is 9.19. The molecule has 6 heteroatoms. The van der Waals surface area contributed by atoms with Crippen LogP contribution in [0.2, 0.25) is 0 Å². The molecule has 0 bridgehead atoms. The van der Waals surface area contributed by atoms with E-state index in [1.165, 1.54) is 5.56 Å². The second-order valence-electron chi connectivity index (χ2n) is 6.57. The minimum Gasteiger partial charge on any atom is -0.444 e. The molecular formula is C22H27IN4O. The molecule has 0 fully saturated rings. The number of nitrogens with one attached hydrogen (secondary N) is 2. The van der Waals surface area contributed by atoms with Gasteiger partial charge < -0.3 is 15.1 Å². The van der Waals surface area contributed by atoms with Crippen LogP contribution in [0.15, 0.2) is 76.3 Å². The average Bonchev–Trinajstić information content (AvgIpc) is 3.20. The lowest BCUT2D eigenvalue weighted by Gasteiger charge is -2.23. The Hall–Kier alpha value is -2.35. The molecule has 2 atom stereocenters. The maximum Gasteiger partial charge on any atom is 0.226 e. The van der Waals surface area contributed by atoms with Gasteiger partial charge in [0.15, 0.2) is 5.96 Å². The number of guanidine groups is 1. The minimum absolute atomic E-state index is 0. The Labute approximate surface area is 183 Å². The van der Waals surface area contributed by atoms with Gasteiger partial charge >= 0.3 is 0 Å². The molecule has 5 nitrogen and oxygen atoms in total. The molecule has 0 amide bonds. The Kier molecular flexibility index (Phi) is 8.50. The molecule has 2 N–H and O–H groups in total. The highest BCUT2D eigenvalue weighted by atomic mass is 127. The van der Waals surface area contributed by atoms with E-state index in [1.54, 1.807) is 13.3 Å². The molecule has 0 aliphatic rings. The largest absolute Gasteiger partial charge is 0.444 e. The van der Waals surface area contributed by atoms with Crippen LogP contribution in [0.1, 0.15) is 31.0 Å².